The molecule has 0 spiro atoms. The highest BCUT2D eigenvalue weighted by Gasteiger charge is 2.13. The summed E-state index contributed by atoms with van der Waals surface area (Å²) in [6, 6.07) is 0. The summed E-state index contributed by atoms with van der Waals surface area (Å²) < 4.78 is 5.68. The first kappa shape index (κ1) is 12.2. The van der Waals surface area contributed by atoms with E-state index in [0.717, 1.165) is 31.7 Å². The van der Waals surface area contributed by atoms with Crippen molar-refractivity contribution in [2.75, 3.05) is 12.5 Å². The molecule has 0 bridgehead atoms. The van der Waals surface area contributed by atoms with Gasteiger partial charge < -0.3 is 4.74 Å². The highest BCUT2D eigenvalue weighted by Crippen LogP contribution is 2.14. The lowest BCUT2D eigenvalue weighted by Gasteiger charge is -2.23. The monoisotopic (exact) mass is 192 g/mol. The van der Waals surface area contributed by atoms with E-state index in [1.54, 1.807) is 0 Å². The third-order valence-electron chi connectivity index (χ3n) is 2.12. The molecule has 0 fully saturated rings. The molecule has 0 saturated heterocycles. The van der Waals surface area contributed by atoms with Crippen molar-refractivity contribution < 1.29 is 4.74 Å². The molecule has 0 aromatic heterocycles. The van der Waals surface area contributed by atoms with Gasteiger partial charge in [0.15, 0.2) is 0 Å². The average Bonchev–Trinajstić information content (AvgIpc) is 2.04. The first-order chi connectivity index (χ1) is 5.62. The van der Waals surface area contributed by atoms with Crippen LogP contribution in [0.2, 0.25) is 0 Å². The lowest BCUT2D eigenvalue weighted by Crippen LogP contribution is -2.23. The lowest BCUT2D eigenvalue weighted by atomic mass is 10.1. The minimum atomic E-state index is 0.0565. The van der Waals surface area contributed by atoms with Gasteiger partial charge in [-0.15, -0.1) is 11.6 Å². The van der Waals surface area contributed by atoms with Crippen LogP contribution in [0.5, 0.6) is 0 Å². The molecule has 0 heterocycles. The Hall–Kier alpha value is 0.250. The molecule has 0 aliphatic rings. The second-order valence-electron chi connectivity index (χ2n) is 3.71. The summed E-state index contributed by atoms with van der Waals surface area (Å²) in [6.45, 7) is 7.29. The van der Waals surface area contributed by atoms with Crippen molar-refractivity contribution in [3.63, 3.8) is 0 Å². The van der Waals surface area contributed by atoms with Gasteiger partial charge in [-0.2, -0.15) is 0 Å². The standard InChI is InChI=1S/C10H21ClO/c1-4-10(2,3)12-9-7-5-6-8-11/h4-9H2,1-3H3. The summed E-state index contributed by atoms with van der Waals surface area (Å²) >= 11 is 5.56. The first-order valence-electron chi connectivity index (χ1n) is 4.82. The predicted molar refractivity (Wildman–Crippen MR) is 54.9 cm³/mol. The van der Waals surface area contributed by atoms with Gasteiger partial charge in [-0.3, -0.25) is 0 Å². The fraction of sp³-hybridized carbons (Fsp3) is 1.00. The van der Waals surface area contributed by atoms with E-state index in [2.05, 4.69) is 20.8 Å². The number of alkyl halides is 1. The maximum atomic E-state index is 5.68. The zero-order valence-electron chi connectivity index (χ0n) is 8.53. The van der Waals surface area contributed by atoms with Gasteiger partial charge in [-0.25, -0.2) is 0 Å². The smallest absolute Gasteiger partial charge is 0.0623 e. The maximum absolute atomic E-state index is 5.68. The van der Waals surface area contributed by atoms with Crippen LogP contribution in [-0.4, -0.2) is 18.1 Å². The molecule has 0 aromatic rings. The number of hydrogen-bond acceptors (Lipinski definition) is 1. The number of unbranched alkanes of at least 4 members (excludes halogenated alkanes) is 2. The number of ether oxygens (including phenoxy) is 1. The molecule has 0 aliphatic heterocycles. The molecule has 74 valence electrons. The second-order valence-corrected chi connectivity index (χ2v) is 4.09. The minimum Gasteiger partial charge on any atom is -0.376 e. The van der Waals surface area contributed by atoms with E-state index < -0.39 is 0 Å². The van der Waals surface area contributed by atoms with Crippen LogP contribution in [0.25, 0.3) is 0 Å². The van der Waals surface area contributed by atoms with Crippen LogP contribution in [0.1, 0.15) is 46.5 Å². The summed E-state index contributed by atoms with van der Waals surface area (Å²) in [5.74, 6) is 0.775. The fourth-order valence-corrected chi connectivity index (χ4v) is 1.01. The molecular formula is C10H21ClO. The van der Waals surface area contributed by atoms with Gasteiger partial charge in [0, 0.05) is 12.5 Å². The van der Waals surface area contributed by atoms with E-state index in [-0.39, 0.29) is 5.60 Å². The molecule has 0 aliphatic carbocycles. The molecule has 12 heavy (non-hydrogen) atoms. The van der Waals surface area contributed by atoms with Crippen molar-refractivity contribution >= 4 is 11.6 Å². The van der Waals surface area contributed by atoms with Crippen LogP contribution in [0.4, 0.5) is 0 Å². The Morgan fingerprint density at radius 1 is 1.17 bits per heavy atom. The third-order valence-corrected chi connectivity index (χ3v) is 2.39. The summed E-state index contributed by atoms with van der Waals surface area (Å²) in [5.41, 5.74) is 0.0565. The Kier molecular flexibility index (Phi) is 6.87. The normalized spacial score (nSPS) is 12.0. The molecule has 0 N–H and O–H groups in total. The van der Waals surface area contributed by atoms with E-state index in [1.807, 2.05) is 0 Å². The Morgan fingerprint density at radius 3 is 2.33 bits per heavy atom. The highest BCUT2D eigenvalue weighted by molar-refractivity contribution is 6.17. The molecular weight excluding hydrogens is 172 g/mol. The summed E-state index contributed by atoms with van der Waals surface area (Å²) in [5, 5.41) is 0. The molecule has 0 unspecified atom stereocenters. The molecule has 0 saturated carbocycles. The van der Waals surface area contributed by atoms with Crippen LogP contribution >= 0.6 is 11.6 Å². The highest BCUT2D eigenvalue weighted by atomic mass is 35.5. The Labute approximate surface area is 81.4 Å². The van der Waals surface area contributed by atoms with E-state index >= 15 is 0 Å². The topological polar surface area (TPSA) is 9.23 Å². The number of hydrogen-bond donors (Lipinski definition) is 0. The predicted octanol–water partition coefficient (Wildman–Crippen LogP) is 3.60. The zero-order chi connectivity index (χ0) is 9.45. The van der Waals surface area contributed by atoms with Crippen LogP contribution in [0.15, 0.2) is 0 Å². The van der Waals surface area contributed by atoms with Gasteiger partial charge in [-0.1, -0.05) is 6.92 Å². The van der Waals surface area contributed by atoms with Crippen LogP contribution in [-0.2, 0) is 4.74 Å². The molecule has 0 rings (SSSR count). The van der Waals surface area contributed by atoms with Crippen LogP contribution in [0.3, 0.4) is 0 Å². The molecule has 1 nitrogen and oxygen atoms in total. The van der Waals surface area contributed by atoms with Gasteiger partial charge in [0.25, 0.3) is 0 Å². The fourth-order valence-electron chi connectivity index (χ4n) is 0.824. The Balaban J connectivity index is 3.19. The minimum absolute atomic E-state index is 0.0565. The van der Waals surface area contributed by atoms with Gasteiger partial charge in [0.2, 0.25) is 0 Å². The molecule has 0 atom stereocenters. The van der Waals surface area contributed by atoms with E-state index in [0.29, 0.717) is 0 Å². The van der Waals surface area contributed by atoms with Gasteiger partial charge in [0.05, 0.1) is 5.60 Å². The van der Waals surface area contributed by atoms with Crippen molar-refractivity contribution in [3.05, 3.63) is 0 Å². The largest absolute Gasteiger partial charge is 0.376 e. The van der Waals surface area contributed by atoms with E-state index in [9.17, 15) is 0 Å². The molecule has 0 amide bonds. The van der Waals surface area contributed by atoms with Gasteiger partial charge >= 0.3 is 0 Å². The quantitative estimate of drug-likeness (QED) is 0.443. The zero-order valence-corrected chi connectivity index (χ0v) is 9.28. The van der Waals surface area contributed by atoms with Crippen LogP contribution in [0, 0.1) is 0 Å². The lowest BCUT2D eigenvalue weighted by molar-refractivity contribution is -0.0215. The summed E-state index contributed by atoms with van der Waals surface area (Å²) in [4.78, 5) is 0. The maximum Gasteiger partial charge on any atom is 0.0623 e. The molecule has 0 aromatic carbocycles. The van der Waals surface area contributed by atoms with Crippen LogP contribution < -0.4 is 0 Å². The number of halogens is 1. The SMILES string of the molecule is CCC(C)(C)OCCCCCCl. The van der Waals surface area contributed by atoms with Crippen molar-refractivity contribution in [2.45, 2.75) is 52.1 Å². The number of rotatable bonds is 7. The Bertz CT molecular complexity index is 102. The molecule has 0 radical (unpaired) electrons. The van der Waals surface area contributed by atoms with Crippen molar-refractivity contribution in [1.82, 2.24) is 0 Å². The van der Waals surface area contributed by atoms with E-state index in [1.165, 1.54) is 6.42 Å². The second kappa shape index (κ2) is 6.73. The average molecular weight is 193 g/mol. The third kappa shape index (κ3) is 6.93. The van der Waals surface area contributed by atoms with Gasteiger partial charge in [0.1, 0.15) is 0 Å². The van der Waals surface area contributed by atoms with E-state index in [4.69, 9.17) is 16.3 Å². The van der Waals surface area contributed by atoms with Crippen molar-refractivity contribution in [1.29, 1.82) is 0 Å². The Morgan fingerprint density at radius 2 is 1.83 bits per heavy atom. The van der Waals surface area contributed by atoms with Crippen molar-refractivity contribution in [3.8, 4) is 0 Å². The van der Waals surface area contributed by atoms with Crippen molar-refractivity contribution in [2.24, 2.45) is 0 Å². The van der Waals surface area contributed by atoms with Gasteiger partial charge in [-0.05, 0) is 39.5 Å². The summed E-state index contributed by atoms with van der Waals surface area (Å²) in [7, 11) is 0. The molecule has 2 heteroatoms. The summed E-state index contributed by atoms with van der Waals surface area (Å²) in [6.07, 6.45) is 4.50. The first-order valence-corrected chi connectivity index (χ1v) is 5.36.